The molecule has 0 bridgehead atoms. The standard InChI is InChI=1S/C13H16N4.C10H22N4S2.C9H11N3O2.C7H15N3O2.C6H17N3O2S.C5H11N3O4/c14-16-12-5-1-10(2-6-12)9-11-3-7-13(17-15)8-4-11;11-8-9(15)6-4-2-1-3-5-7-13-10(16)14-12;10-5-8(13)6-1-3-7(4-2-6)9(14)12-11;8-5-6(11)3-1-2-4-7(12)10-9;7-6-12(10,11)5-3-1-2-4-9-8;6-3-4(9)11-1-2-12-5(10)8-7/h1-8,16-17H,9,14-15H2;1-8,11-12H2,(H2,13,14,16);1-4H,5,10-11H2,(H,12,14);1-5,8-9H2,(H,10,12);9H,1-8H2;1-3,6-7H2,(H,8,10). The number of Topliss-reactive ketones (excluding diaryl/α,β-unsaturated/α-hetero) is 2. The fourth-order valence-corrected chi connectivity index (χ4v) is 7.05. The quantitative estimate of drug-likeness (QED) is 0.00620. The van der Waals surface area contributed by atoms with Gasteiger partial charge in [-0.25, -0.2) is 36.6 Å². The number of hydrazine groups is 7. The fraction of sp³-hybridized carbons (Fsp3) is 0.480. The van der Waals surface area contributed by atoms with Crippen LogP contribution in [0, 0.1) is 0 Å². The van der Waals surface area contributed by atoms with Gasteiger partial charge in [-0.05, 0) is 111 Å². The van der Waals surface area contributed by atoms with Crippen molar-refractivity contribution in [3.8, 4) is 0 Å². The van der Waals surface area contributed by atoms with Gasteiger partial charge in [0.25, 0.3) is 5.91 Å². The van der Waals surface area contributed by atoms with Crippen LogP contribution in [-0.4, -0.2) is 118 Å². The first kappa shape index (κ1) is 80.7. The van der Waals surface area contributed by atoms with Gasteiger partial charge in [-0.2, -0.15) is 0 Å². The Labute approximate surface area is 497 Å². The molecule has 3 aromatic carbocycles. The van der Waals surface area contributed by atoms with Crippen LogP contribution in [0.1, 0.15) is 115 Å². The van der Waals surface area contributed by atoms with Crippen LogP contribution >= 0.6 is 24.4 Å². The van der Waals surface area contributed by atoms with Gasteiger partial charge in [0.1, 0.15) is 19.0 Å². The number of nitrogen functional groups attached to an aromatic ring is 3. The minimum absolute atomic E-state index is 0.0244. The summed E-state index contributed by atoms with van der Waals surface area (Å²) in [5, 5.41) is 3.52. The number of carbonyl (C=O) groups is 6. The Balaban J connectivity index is -0.000000931. The minimum atomic E-state index is -2.98. The molecule has 33 heteroatoms. The monoisotopic (exact) mass is 1230 g/mol. The van der Waals surface area contributed by atoms with E-state index in [9.17, 15) is 37.2 Å². The van der Waals surface area contributed by atoms with E-state index >= 15 is 0 Å². The molecule has 0 atom stereocenters. The highest BCUT2D eigenvalue weighted by Crippen LogP contribution is 2.15. The number of hydrogen-bond donors (Lipinski definition) is 20. The molecule has 0 saturated heterocycles. The van der Waals surface area contributed by atoms with E-state index in [2.05, 4.69) is 66.6 Å². The van der Waals surface area contributed by atoms with Crippen LogP contribution in [0.4, 0.5) is 16.2 Å². The number of unbranched alkanes of at least 4 members (excludes halogenated alkanes) is 7. The van der Waals surface area contributed by atoms with Crippen LogP contribution in [-0.2, 0) is 40.1 Å². The van der Waals surface area contributed by atoms with Crippen LogP contribution in [0.25, 0.3) is 0 Å². The first-order valence-electron chi connectivity index (χ1n) is 26.2. The lowest BCUT2D eigenvalue weighted by atomic mass is 10.0. The molecule has 32 N–H and O–H groups in total. The number of benzene rings is 3. The lowest BCUT2D eigenvalue weighted by Crippen LogP contribution is -2.39. The molecule has 0 saturated carbocycles. The van der Waals surface area contributed by atoms with Gasteiger partial charge in [-0.3, -0.25) is 63.2 Å². The van der Waals surface area contributed by atoms with E-state index in [-0.39, 0.29) is 62.0 Å². The van der Waals surface area contributed by atoms with E-state index in [1.807, 2.05) is 35.1 Å². The van der Waals surface area contributed by atoms with Crippen LogP contribution in [0.3, 0.4) is 0 Å². The average molecular weight is 1230 g/mol. The van der Waals surface area contributed by atoms with Crippen molar-refractivity contribution in [2.75, 3.05) is 75.0 Å². The summed E-state index contributed by atoms with van der Waals surface area (Å²) in [6.45, 7) is 1.93. The molecule has 30 nitrogen and oxygen atoms in total. The number of rotatable bonds is 33. The third-order valence-corrected chi connectivity index (χ3v) is 12.7. The molecular formula is C50H92N20O10S3. The van der Waals surface area contributed by atoms with Gasteiger partial charge in [0, 0.05) is 59.8 Å². The number of thiocarbonyl (C=S) groups is 2. The summed E-state index contributed by atoms with van der Waals surface area (Å²) < 4.78 is 30.6. The Morgan fingerprint density at radius 1 is 0.494 bits per heavy atom. The second-order valence-electron chi connectivity index (χ2n) is 17.0. The van der Waals surface area contributed by atoms with Gasteiger partial charge in [-0.15, -0.1) is 0 Å². The minimum Gasteiger partial charge on any atom is -0.461 e. The Hall–Kier alpha value is -6.51. The highest BCUT2D eigenvalue weighted by Gasteiger charge is 2.08. The van der Waals surface area contributed by atoms with Crippen molar-refractivity contribution in [2.24, 2.45) is 69.6 Å². The molecule has 470 valence electrons. The first-order chi connectivity index (χ1) is 39.7. The first-order valence-corrected chi connectivity index (χ1v) is 28.8. The second kappa shape index (κ2) is 54.7. The third-order valence-electron chi connectivity index (χ3n) is 10.6. The number of nitrogens with one attached hydrogen (secondary N) is 8. The number of anilines is 2. The van der Waals surface area contributed by atoms with Crippen molar-refractivity contribution in [1.82, 2.24) is 32.4 Å². The van der Waals surface area contributed by atoms with E-state index in [0.717, 1.165) is 67.9 Å². The van der Waals surface area contributed by atoms with Gasteiger partial charge in [0.05, 0.1) is 31.3 Å². The van der Waals surface area contributed by atoms with Crippen molar-refractivity contribution in [3.63, 3.8) is 0 Å². The number of ketones is 2. The lowest BCUT2D eigenvalue weighted by molar-refractivity contribution is -0.142. The predicted molar refractivity (Wildman–Crippen MR) is 332 cm³/mol. The fourth-order valence-electron chi connectivity index (χ4n) is 6.00. The highest BCUT2D eigenvalue weighted by atomic mass is 32.2. The summed E-state index contributed by atoms with van der Waals surface area (Å²) in [4.78, 5) is 65.1. The molecule has 0 aliphatic heterocycles. The maximum absolute atomic E-state index is 11.1. The molecule has 0 aliphatic carbocycles. The number of amides is 3. The van der Waals surface area contributed by atoms with Gasteiger partial charge >= 0.3 is 12.1 Å². The molecule has 0 spiro atoms. The Kier molecular flexibility index (Phi) is 53.2. The van der Waals surface area contributed by atoms with E-state index in [0.29, 0.717) is 54.9 Å². The van der Waals surface area contributed by atoms with Crippen LogP contribution in [0.2, 0.25) is 0 Å². The molecule has 3 amide bonds. The van der Waals surface area contributed by atoms with Crippen LogP contribution in [0.15, 0.2) is 72.8 Å². The Bertz CT molecular complexity index is 2170. The number of nitrogens with two attached hydrogens (primary N) is 12. The summed E-state index contributed by atoms with van der Waals surface area (Å²) in [5.41, 5.74) is 46.7. The smallest absolute Gasteiger partial charge is 0.421 e. The number of esters is 1. The van der Waals surface area contributed by atoms with Crippen LogP contribution in [0.5, 0.6) is 0 Å². The molecule has 0 fully saturated rings. The summed E-state index contributed by atoms with van der Waals surface area (Å²) >= 11 is 9.89. The van der Waals surface area contributed by atoms with Gasteiger partial charge < -0.3 is 59.7 Å². The van der Waals surface area contributed by atoms with Crippen molar-refractivity contribution in [1.29, 1.82) is 0 Å². The third kappa shape index (κ3) is 48.7. The number of ether oxygens (including phenoxy) is 2. The summed E-state index contributed by atoms with van der Waals surface area (Å²) in [5.74, 6) is 33.9. The van der Waals surface area contributed by atoms with Crippen molar-refractivity contribution < 1.29 is 46.7 Å². The van der Waals surface area contributed by atoms with E-state index < -0.39 is 27.8 Å². The molecule has 0 heterocycles. The molecule has 0 unspecified atom stereocenters. The van der Waals surface area contributed by atoms with Crippen LogP contribution < -0.4 is 113 Å². The summed E-state index contributed by atoms with van der Waals surface area (Å²) in [6, 6.07) is 22.2. The van der Waals surface area contributed by atoms with E-state index in [1.165, 1.54) is 42.5 Å². The highest BCUT2D eigenvalue weighted by molar-refractivity contribution is 7.91. The maximum atomic E-state index is 11.1. The van der Waals surface area contributed by atoms with Gasteiger partial charge in [0.15, 0.2) is 20.7 Å². The van der Waals surface area contributed by atoms with Crippen molar-refractivity contribution in [3.05, 3.63) is 95.1 Å². The largest absolute Gasteiger partial charge is 0.461 e. The van der Waals surface area contributed by atoms with E-state index in [1.54, 1.807) is 17.6 Å². The van der Waals surface area contributed by atoms with Crippen molar-refractivity contribution >= 4 is 91.1 Å². The molecular weight excluding hydrogens is 1140 g/mol. The van der Waals surface area contributed by atoms with Gasteiger partial charge in [0.2, 0.25) is 5.91 Å². The topological polar surface area (TPSA) is 563 Å². The predicted octanol–water partition coefficient (Wildman–Crippen LogP) is -1.62. The zero-order valence-electron chi connectivity index (χ0n) is 47.1. The average Bonchev–Trinajstić information content (AvgIpc) is 3.54. The normalized spacial score (nSPS) is 9.93. The molecule has 0 radical (unpaired) electrons. The van der Waals surface area contributed by atoms with Crippen molar-refractivity contribution in [2.45, 2.75) is 89.9 Å². The SMILES string of the molecule is NCC(=O)CCCCC(=O)NN.NCC(=O)OCCOC(=O)NN.NCC(=O)c1ccc(C(=O)NN)cc1.NCC(=S)CCCCCCCNC(=S)NN.NCS(=O)(=O)CCCCCNN.NNc1ccc(Cc2ccc(NN)cc2)cc1. The molecule has 3 aromatic rings. The Morgan fingerprint density at radius 3 is 1.47 bits per heavy atom. The summed E-state index contributed by atoms with van der Waals surface area (Å²) in [6.07, 6.45) is 11.7. The number of sulfone groups is 1. The zero-order valence-corrected chi connectivity index (χ0v) is 49.6. The molecule has 3 rings (SSSR count). The summed E-state index contributed by atoms with van der Waals surface area (Å²) in [7, 11) is -2.98. The maximum Gasteiger partial charge on any atom is 0.421 e. The van der Waals surface area contributed by atoms with E-state index in [4.69, 9.17) is 88.2 Å². The lowest BCUT2D eigenvalue weighted by Gasteiger charge is -2.06. The number of hydrogen-bond acceptors (Lipinski definition) is 27. The zero-order chi connectivity index (χ0) is 63.1. The molecule has 83 heavy (non-hydrogen) atoms. The number of carbonyl (C=O) groups excluding carboxylic acids is 6. The molecule has 0 aromatic heterocycles. The molecule has 0 aliphatic rings. The Morgan fingerprint density at radius 2 is 1.00 bits per heavy atom. The van der Waals surface area contributed by atoms with Gasteiger partial charge in [-0.1, -0.05) is 74.3 Å². The second-order valence-corrected chi connectivity index (χ2v) is 20.3.